The minimum Gasteiger partial charge on any atom is -0.480 e. The average molecular weight is 348 g/mol. The van der Waals surface area contributed by atoms with E-state index in [0.29, 0.717) is 23.6 Å². The number of carbonyl (C=O) groups excluding carboxylic acids is 2. The van der Waals surface area contributed by atoms with Gasteiger partial charge in [-0.2, -0.15) is 0 Å². The maximum atomic E-state index is 12.1. The molecule has 0 aliphatic rings. The van der Waals surface area contributed by atoms with Gasteiger partial charge in [0.1, 0.15) is 6.04 Å². The molecule has 2 unspecified atom stereocenters. The molecule has 0 aromatic heterocycles. The molecule has 0 saturated carbocycles. The molecular formula is C19H28N2O4. The summed E-state index contributed by atoms with van der Waals surface area (Å²) in [6.45, 7) is 5.64. The van der Waals surface area contributed by atoms with Crippen molar-refractivity contribution in [3.8, 4) is 0 Å². The summed E-state index contributed by atoms with van der Waals surface area (Å²) >= 11 is 0. The second kappa shape index (κ2) is 10.5. The fraction of sp³-hybridized carbons (Fsp3) is 0.526. The summed E-state index contributed by atoms with van der Waals surface area (Å²) in [7, 11) is 0. The van der Waals surface area contributed by atoms with E-state index in [0.717, 1.165) is 25.7 Å². The smallest absolute Gasteiger partial charge is 0.325 e. The van der Waals surface area contributed by atoms with E-state index >= 15 is 0 Å². The molecule has 1 rings (SSSR count). The summed E-state index contributed by atoms with van der Waals surface area (Å²) in [5.74, 6) is -1.19. The molecule has 0 fully saturated rings. The van der Waals surface area contributed by atoms with Crippen LogP contribution in [0.4, 0.5) is 5.69 Å². The van der Waals surface area contributed by atoms with Gasteiger partial charge in [0.25, 0.3) is 5.91 Å². The number of carbonyl (C=O) groups is 3. The normalized spacial score (nSPS) is 12.9. The van der Waals surface area contributed by atoms with Crippen LogP contribution < -0.4 is 10.6 Å². The number of rotatable bonds is 10. The number of hydrogen-bond acceptors (Lipinski definition) is 3. The molecule has 2 atom stereocenters. The standard InChI is InChI=1S/C19H28N2O4/c1-4-6-7-14(5-2)12-17(22)21-16-10-8-15(9-11-16)18(23)20-13(3)19(24)25/h8-11,13-14H,4-7,12H2,1-3H3,(H,20,23)(H,21,22)(H,24,25). The molecule has 1 aromatic carbocycles. The van der Waals surface area contributed by atoms with E-state index in [-0.39, 0.29) is 5.91 Å². The minimum atomic E-state index is -1.09. The molecular weight excluding hydrogens is 320 g/mol. The lowest BCUT2D eigenvalue weighted by atomic mass is 9.95. The Bertz CT molecular complexity index is 584. The Morgan fingerprint density at radius 1 is 1.12 bits per heavy atom. The zero-order valence-corrected chi connectivity index (χ0v) is 15.2. The van der Waals surface area contributed by atoms with Crippen LogP contribution in [0.2, 0.25) is 0 Å². The van der Waals surface area contributed by atoms with Gasteiger partial charge in [-0.3, -0.25) is 14.4 Å². The second-order valence-electron chi connectivity index (χ2n) is 6.28. The Labute approximate surface area is 149 Å². The van der Waals surface area contributed by atoms with Crippen molar-refractivity contribution in [3.05, 3.63) is 29.8 Å². The van der Waals surface area contributed by atoms with Gasteiger partial charge in [0.05, 0.1) is 0 Å². The summed E-state index contributed by atoms with van der Waals surface area (Å²) in [5.41, 5.74) is 0.971. The summed E-state index contributed by atoms with van der Waals surface area (Å²) < 4.78 is 0. The van der Waals surface area contributed by atoms with Crippen molar-refractivity contribution in [3.63, 3.8) is 0 Å². The quantitative estimate of drug-likeness (QED) is 0.603. The maximum absolute atomic E-state index is 12.1. The van der Waals surface area contributed by atoms with Gasteiger partial charge in [0.2, 0.25) is 5.91 Å². The lowest BCUT2D eigenvalue weighted by Crippen LogP contribution is -2.38. The third-order valence-electron chi connectivity index (χ3n) is 4.17. The highest BCUT2D eigenvalue weighted by atomic mass is 16.4. The molecule has 0 saturated heterocycles. The predicted molar refractivity (Wildman–Crippen MR) is 97.6 cm³/mol. The number of nitrogens with one attached hydrogen (secondary N) is 2. The zero-order chi connectivity index (χ0) is 18.8. The van der Waals surface area contributed by atoms with E-state index in [9.17, 15) is 14.4 Å². The number of benzene rings is 1. The molecule has 2 amide bonds. The van der Waals surface area contributed by atoms with Crippen molar-refractivity contribution >= 4 is 23.5 Å². The molecule has 3 N–H and O–H groups in total. The van der Waals surface area contributed by atoms with Gasteiger partial charge in [0.15, 0.2) is 0 Å². The molecule has 138 valence electrons. The fourth-order valence-corrected chi connectivity index (χ4v) is 2.46. The molecule has 6 nitrogen and oxygen atoms in total. The van der Waals surface area contributed by atoms with Crippen molar-refractivity contribution in [2.75, 3.05) is 5.32 Å². The SMILES string of the molecule is CCCCC(CC)CC(=O)Nc1ccc(C(=O)NC(C)C(=O)O)cc1. The number of anilines is 1. The molecule has 1 aromatic rings. The number of amides is 2. The van der Waals surface area contributed by atoms with Gasteiger partial charge in [-0.1, -0.05) is 33.1 Å². The van der Waals surface area contributed by atoms with Gasteiger partial charge in [0, 0.05) is 17.7 Å². The Balaban J connectivity index is 2.57. The van der Waals surface area contributed by atoms with Crippen molar-refractivity contribution in [1.29, 1.82) is 0 Å². The first-order valence-corrected chi connectivity index (χ1v) is 8.80. The van der Waals surface area contributed by atoms with E-state index in [1.54, 1.807) is 24.3 Å². The number of hydrogen-bond donors (Lipinski definition) is 3. The molecule has 0 radical (unpaired) electrons. The highest BCUT2D eigenvalue weighted by Crippen LogP contribution is 2.18. The lowest BCUT2D eigenvalue weighted by molar-refractivity contribution is -0.138. The molecule has 0 bridgehead atoms. The average Bonchev–Trinajstić information content (AvgIpc) is 2.58. The number of carboxylic acid groups (broad SMARTS) is 1. The van der Waals surface area contributed by atoms with E-state index in [2.05, 4.69) is 24.5 Å². The van der Waals surface area contributed by atoms with Gasteiger partial charge in [-0.25, -0.2) is 0 Å². The molecule has 0 heterocycles. The number of unbranched alkanes of at least 4 members (excludes halogenated alkanes) is 1. The Morgan fingerprint density at radius 2 is 1.76 bits per heavy atom. The van der Waals surface area contributed by atoms with Gasteiger partial charge >= 0.3 is 5.97 Å². The van der Waals surface area contributed by atoms with Gasteiger partial charge in [-0.05, 0) is 43.5 Å². The van der Waals surface area contributed by atoms with E-state index < -0.39 is 17.9 Å². The van der Waals surface area contributed by atoms with Gasteiger partial charge in [-0.15, -0.1) is 0 Å². The first-order chi connectivity index (χ1) is 11.9. The molecule has 0 spiro atoms. The fourth-order valence-electron chi connectivity index (χ4n) is 2.46. The summed E-state index contributed by atoms with van der Waals surface area (Å²) in [6.07, 6.45) is 4.79. The second-order valence-corrected chi connectivity index (χ2v) is 6.28. The predicted octanol–water partition coefficient (Wildman–Crippen LogP) is 3.43. The summed E-state index contributed by atoms with van der Waals surface area (Å²) in [4.78, 5) is 34.8. The van der Waals surface area contributed by atoms with Crippen molar-refractivity contribution in [2.45, 2.75) is 58.9 Å². The van der Waals surface area contributed by atoms with E-state index in [1.165, 1.54) is 6.92 Å². The summed E-state index contributed by atoms with van der Waals surface area (Å²) in [6, 6.07) is 5.46. The van der Waals surface area contributed by atoms with Crippen LogP contribution in [0.1, 0.15) is 63.2 Å². The molecule has 0 aliphatic heterocycles. The summed E-state index contributed by atoms with van der Waals surface area (Å²) in [5, 5.41) is 14.0. The van der Waals surface area contributed by atoms with Crippen LogP contribution in [-0.4, -0.2) is 28.9 Å². The molecule has 25 heavy (non-hydrogen) atoms. The minimum absolute atomic E-state index is 0.0281. The van der Waals surface area contributed by atoms with E-state index in [1.807, 2.05) is 0 Å². The van der Waals surface area contributed by atoms with Crippen LogP contribution in [0.25, 0.3) is 0 Å². The highest BCUT2D eigenvalue weighted by molar-refractivity contribution is 5.97. The Kier molecular flexibility index (Phi) is 8.67. The topological polar surface area (TPSA) is 95.5 Å². The van der Waals surface area contributed by atoms with E-state index in [4.69, 9.17) is 5.11 Å². The molecule has 6 heteroatoms. The van der Waals surface area contributed by atoms with Crippen LogP contribution >= 0.6 is 0 Å². The number of carboxylic acids is 1. The van der Waals surface area contributed by atoms with Crippen LogP contribution in [-0.2, 0) is 9.59 Å². The van der Waals surface area contributed by atoms with Crippen molar-refractivity contribution in [1.82, 2.24) is 5.32 Å². The lowest BCUT2D eigenvalue weighted by Gasteiger charge is -2.14. The first-order valence-electron chi connectivity index (χ1n) is 8.80. The Hall–Kier alpha value is -2.37. The monoisotopic (exact) mass is 348 g/mol. The zero-order valence-electron chi connectivity index (χ0n) is 15.2. The van der Waals surface area contributed by atoms with Crippen LogP contribution in [0.5, 0.6) is 0 Å². The molecule has 0 aliphatic carbocycles. The first kappa shape index (κ1) is 20.7. The van der Waals surface area contributed by atoms with Crippen molar-refractivity contribution < 1.29 is 19.5 Å². The Morgan fingerprint density at radius 3 is 2.28 bits per heavy atom. The van der Waals surface area contributed by atoms with Crippen LogP contribution in [0, 0.1) is 5.92 Å². The third-order valence-corrected chi connectivity index (χ3v) is 4.17. The largest absolute Gasteiger partial charge is 0.480 e. The highest BCUT2D eigenvalue weighted by Gasteiger charge is 2.15. The number of aliphatic carboxylic acids is 1. The van der Waals surface area contributed by atoms with Crippen molar-refractivity contribution in [2.24, 2.45) is 5.92 Å². The maximum Gasteiger partial charge on any atom is 0.325 e. The van der Waals surface area contributed by atoms with Crippen LogP contribution in [0.3, 0.4) is 0 Å². The van der Waals surface area contributed by atoms with Gasteiger partial charge < -0.3 is 15.7 Å². The third kappa shape index (κ3) is 7.37. The van der Waals surface area contributed by atoms with Crippen LogP contribution in [0.15, 0.2) is 24.3 Å².